The third-order valence-electron chi connectivity index (χ3n) is 3.65. The van der Waals surface area contributed by atoms with E-state index < -0.39 is 5.69 Å². The lowest BCUT2D eigenvalue weighted by Gasteiger charge is -2.09. The summed E-state index contributed by atoms with van der Waals surface area (Å²) in [6.45, 7) is 4.36. The summed E-state index contributed by atoms with van der Waals surface area (Å²) < 4.78 is 2.84. The van der Waals surface area contributed by atoms with Gasteiger partial charge in [-0.25, -0.2) is 14.5 Å². The van der Waals surface area contributed by atoms with Crippen LogP contribution in [0.4, 0.5) is 11.5 Å². The van der Waals surface area contributed by atoms with Crippen molar-refractivity contribution in [3.05, 3.63) is 68.4 Å². The van der Waals surface area contributed by atoms with Gasteiger partial charge in [-0.2, -0.15) is 5.10 Å². The number of hydrogen-bond donors (Lipinski definition) is 2. The first-order chi connectivity index (χ1) is 11.4. The number of rotatable bonds is 4. The lowest BCUT2D eigenvalue weighted by atomic mass is 10.2. The predicted octanol–water partition coefficient (Wildman–Crippen LogP) is 1.07. The third kappa shape index (κ3) is 3.27. The van der Waals surface area contributed by atoms with Crippen LogP contribution in [0.15, 0.2) is 39.9 Å². The van der Waals surface area contributed by atoms with Crippen molar-refractivity contribution in [1.82, 2.24) is 24.3 Å². The summed E-state index contributed by atoms with van der Waals surface area (Å²) in [6.07, 6.45) is 0. The highest BCUT2D eigenvalue weighted by atomic mass is 16.2. The van der Waals surface area contributed by atoms with E-state index >= 15 is 0 Å². The SMILES string of the molecule is Cc1nc(C)n(Cc2cccc(Nc3cc(=O)n(C)c(=O)[nH]3)c2)n1. The number of aromatic nitrogens is 5. The Kier molecular flexibility index (Phi) is 4.03. The Bertz CT molecular complexity index is 967. The Morgan fingerprint density at radius 1 is 1.21 bits per heavy atom. The number of H-pyrrole nitrogens is 1. The van der Waals surface area contributed by atoms with Crippen molar-refractivity contribution in [2.75, 3.05) is 5.32 Å². The molecule has 0 aliphatic rings. The van der Waals surface area contributed by atoms with Gasteiger partial charge < -0.3 is 5.32 Å². The van der Waals surface area contributed by atoms with Crippen LogP contribution in [0, 0.1) is 13.8 Å². The lowest BCUT2D eigenvalue weighted by molar-refractivity contribution is 0.656. The second-order valence-corrected chi connectivity index (χ2v) is 5.57. The minimum atomic E-state index is -0.463. The highest BCUT2D eigenvalue weighted by Gasteiger charge is 2.05. The molecule has 0 radical (unpaired) electrons. The Morgan fingerprint density at radius 3 is 2.67 bits per heavy atom. The van der Waals surface area contributed by atoms with E-state index in [0.29, 0.717) is 12.4 Å². The molecule has 3 aromatic rings. The van der Waals surface area contributed by atoms with Crippen molar-refractivity contribution in [2.45, 2.75) is 20.4 Å². The quantitative estimate of drug-likeness (QED) is 0.747. The van der Waals surface area contributed by atoms with Gasteiger partial charge >= 0.3 is 5.69 Å². The number of nitrogens with one attached hydrogen (secondary N) is 2. The van der Waals surface area contributed by atoms with Crippen molar-refractivity contribution >= 4 is 11.5 Å². The van der Waals surface area contributed by atoms with Crippen LogP contribution in [-0.2, 0) is 13.6 Å². The van der Waals surface area contributed by atoms with Crippen LogP contribution in [0.25, 0.3) is 0 Å². The van der Waals surface area contributed by atoms with Gasteiger partial charge in [0.2, 0.25) is 0 Å². The van der Waals surface area contributed by atoms with Crippen LogP contribution in [0.1, 0.15) is 17.2 Å². The van der Waals surface area contributed by atoms with Crippen molar-refractivity contribution < 1.29 is 0 Å². The summed E-state index contributed by atoms with van der Waals surface area (Å²) >= 11 is 0. The van der Waals surface area contributed by atoms with Crippen LogP contribution in [0.5, 0.6) is 0 Å². The van der Waals surface area contributed by atoms with Crippen LogP contribution < -0.4 is 16.6 Å². The minimum absolute atomic E-state index is 0.355. The molecule has 2 heterocycles. The van der Waals surface area contributed by atoms with Gasteiger partial charge in [-0.05, 0) is 31.5 Å². The summed E-state index contributed by atoms with van der Waals surface area (Å²) in [7, 11) is 1.42. The summed E-state index contributed by atoms with van der Waals surface area (Å²) in [5.74, 6) is 1.94. The highest BCUT2D eigenvalue weighted by molar-refractivity contribution is 5.56. The van der Waals surface area contributed by atoms with E-state index in [9.17, 15) is 9.59 Å². The molecule has 0 fully saturated rings. The van der Waals surface area contributed by atoms with Crippen LogP contribution in [0.2, 0.25) is 0 Å². The van der Waals surface area contributed by atoms with Gasteiger partial charge in [0.15, 0.2) is 0 Å². The highest BCUT2D eigenvalue weighted by Crippen LogP contribution is 2.15. The fraction of sp³-hybridized carbons (Fsp3) is 0.250. The molecule has 0 atom stereocenters. The first kappa shape index (κ1) is 15.7. The molecule has 3 rings (SSSR count). The molecule has 0 amide bonds. The van der Waals surface area contributed by atoms with Crippen molar-refractivity contribution in [1.29, 1.82) is 0 Å². The average molecular weight is 326 g/mol. The van der Waals surface area contributed by atoms with Gasteiger partial charge in [0.25, 0.3) is 5.56 Å². The topological polar surface area (TPSA) is 97.6 Å². The Morgan fingerprint density at radius 2 is 2.00 bits per heavy atom. The largest absolute Gasteiger partial charge is 0.342 e. The predicted molar refractivity (Wildman–Crippen MR) is 90.6 cm³/mol. The molecule has 124 valence electrons. The van der Waals surface area contributed by atoms with Gasteiger partial charge in [0, 0.05) is 18.8 Å². The molecule has 24 heavy (non-hydrogen) atoms. The monoisotopic (exact) mass is 326 g/mol. The average Bonchev–Trinajstić information content (AvgIpc) is 2.83. The lowest BCUT2D eigenvalue weighted by Crippen LogP contribution is -2.32. The molecule has 8 heteroatoms. The molecule has 0 unspecified atom stereocenters. The van der Waals surface area contributed by atoms with Crippen LogP contribution >= 0.6 is 0 Å². The first-order valence-electron chi connectivity index (χ1n) is 7.47. The maximum atomic E-state index is 11.7. The third-order valence-corrected chi connectivity index (χ3v) is 3.65. The summed E-state index contributed by atoms with van der Waals surface area (Å²) in [5, 5.41) is 7.39. The molecular weight excluding hydrogens is 308 g/mol. The fourth-order valence-electron chi connectivity index (χ4n) is 2.41. The standard InChI is InChI=1S/C16H18N6O2/c1-10-17-11(2)22(20-10)9-12-5-4-6-13(7-12)18-14-8-15(23)21(3)16(24)19-14/h4-8,18H,9H2,1-3H3,(H,19,24). The second-order valence-electron chi connectivity index (χ2n) is 5.57. The molecule has 2 aromatic heterocycles. The van der Waals surface area contributed by atoms with Gasteiger partial charge in [-0.15, -0.1) is 0 Å². The smallest absolute Gasteiger partial charge is 0.329 e. The minimum Gasteiger partial charge on any atom is -0.342 e. The second kappa shape index (κ2) is 6.15. The molecule has 8 nitrogen and oxygen atoms in total. The maximum Gasteiger partial charge on any atom is 0.329 e. The number of benzene rings is 1. The van der Waals surface area contributed by atoms with E-state index in [1.807, 2.05) is 42.8 Å². The first-order valence-corrected chi connectivity index (χ1v) is 7.47. The maximum absolute atomic E-state index is 11.7. The zero-order chi connectivity index (χ0) is 17.3. The Balaban J connectivity index is 1.84. The fourth-order valence-corrected chi connectivity index (χ4v) is 2.41. The van der Waals surface area contributed by atoms with Crippen molar-refractivity contribution in [2.24, 2.45) is 7.05 Å². The van der Waals surface area contributed by atoms with Gasteiger partial charge in [0.05, 0.1) is 6.54 Å². The van der Waals surface area contributed by atoms with Gasteiger partial charge in [-0.1, -0.05) is 12.1 Å². The summed E-state index contributed by atoms with van der Waals surface area (Å²) in [4.78, 5) is 30.2. The zero-order valence-corrected chi connectivity index (χ0v) is 13.7. The van der Waals surface area contributed by atoms with E-state index in [1.165, 1.54) is 13.1 Å². The van der Waals surface area contributed by atoms with Crippen LogP contribution in [-0.4, -0.2) is 24.3 Å². The van der Waals surface area contributed by atoms with Crippen molar-refractivity contribution in [3.8, 4) is 0 Å². The van der Waals surface area contributed by atoms with E-state index in [4.69, 9.17) is 0 Å². The van der Waals surface area contributed by atoms with Gasteiger partial charge in [0.1, 0.15) is 17.5 Å². The normalized spacial score (nSPS) is 10.8. The Labute approximate surface area is 137 Å². The van der Waals surface area contributed by atoms with E-state index in [-0.39, 0.29) is 5.56 Å². The summed E-state index contributed by atoms with van der Waals surface area (Å²) in [6, 6.07) is 9.02. The number of nitrogens with zero attached hydrogens (tertiary/aromatic N) is 4. The Hall–Kier alpha value is -3.16. The molecule has 0 spiro atoms. The molecule has 0 saturated heterocycles. The number of anilines is 2. The molecule has 0 saturated carbocycles. The molecule has 1 aromatic carbocycles. The number of aromatic amines is 1. The number of aryl methyl sites for hydroxylation is 2. The molecule has 0 aliphatic carbocycles. The van der Waals surface area contributed by atoms with Crippen molar-refractivity contribution in [3.63, 3.8) is 0 Å². The van der Waals surface area contributed by atoms with E-state index in [2.05, 4.69) is 20.4 Å². The molecule has 0 bridgehead atoms. The molecular formula is C16H18N6O2. The summed E-state index contributed by atoms with van der Waals surface area (Å²) in [5.41, 5.74) is 0.964. The molecule has 2 N–H and O–H groups in total. The van der Waals surface area contributed by atoms with Gasteiger partial charge in [-0.3, -0.25) is 14.3 Å². The molecule has 0 aliphatic heterocycles. The van der Waals surface area contributed by atoms with E-state index in [0.717, 1.165) is 27.5 Å². The van der Waals surface area contributed by atoms with Crippen LogP contribution in [0.3, 0.4) is 0 Å². The zero-order valence-electron chi connectivity index (χ0n) is 13.7. The van der Waals surface area contributed by atoms with E-state index in [1.54, 1.807) is 0 Å². The number of hydrogen-bond acceptors (Lipinski definition) is 5.